The number of carbonyl (C=O) groups excluding carboxylic acids is 1. The van der Waals surface area contributed by atoms with Crippen molar-refractivity contribution >= 4 is 50.1 Å². The Morgan fingerprint density at radius 2 is 2.09 bits per heavy atom. The molecule has 1 saturated heterocycles. The van der Waals surface area contributed by atoms with Crippen molar-refractivity contribution in [1.82, 2.24) is 19.3 Å². The van der Waals surface area contributed by atoms with Crippen LogP contribution in [0.5, 0.6) is 5.88 Å². The fourth-order valence-corrected chi connectivity index (χ4v) is 4.56. The van der Waals surface area contributed by atoms with E-state index in [-0.39, 0.29) is 41.6 Å². The van der Waals surface area contributed by atoms with E-state index in [1.807, 2.05) is 0 Å². The lowest BCUT2D eigenvalue weighted by molar-refractivity contribution is -0.143. The van der Waals surface area contributed by atoms with Crippen molar-refractivity contribution in [1.29, 1.82) is 0 Å². The molecule has 176 valence electrons. The first kappa shape index (κ1) is 22.1. The van der Waals surface area contributed by atoms with E-state index in [1.165, 1.54) is 23.1 Å². The number of hydrogen-bond donors (Lipinski definition) is 3. The van der Waals surface area contributed by atoms with Crippen molar-refractivity contribution in [2.75, 3.05) is 23.8 Å². The van der Waals surface area contributed by atoms with Gasteiger partial charge in [0.25, 0.3) is 11.5 Å². The van der Waals surface area contributed by atoms with Crippen molar-refractivity contribution in [3.8, 4) is 5.88 Å². The van der Waals surface area contributed by atoms with Crippen LogP contribution in [0.1, 0.15) is 11.9 Å². The summed E-state index contributed by atoms with van der Waals surface area (Å²) in [4.78, 5) is 37.8. The fraction of sp³-hybridized carbons (Fsp3) is 0.250. The van der Waals surface area contributed by atoms with E-state index in [1.54, 1.807) is 12.1 Å². The molecule has 4 N–H and O–H groups in total. The highest BCUT2D eigenvalue weighted by Crippen LogP contribution is 2.31. The van der Waals surface area contributed by atoms with Gasteiger partial charge < -0.3 is 25.3 Å². The van der Waals surface area contributed by atoms with Gasteiger partial charge in [-0.15, -0.1) is 0 Å². The van der Waals surface area contributed by atoms with E-state index in [2.05, 4.69) is 24.1 Å². The van der Waals surface area contributed by atoms with Crippen molar-refractivity contribution in [3.05, 3.63) is 46.5 Å². The zero-order valence-electron chi connectivity index (χ0n) is 17.1. The number of pyridine rings is 1. The molecule has 34 heavy (non-hydrogen) atoms. The maximum atomic E-state index is 13.1. The van der Waals surface area contributed by atoms with E-state index in [4.69, 9.17) is 10.5 Å². The standard InChI is InChI=1S/C20H16F2N6O5S/c21-20(22)33-11-3-1-2-10(25-11)28-6-7-32-14(19(28)31)13(29)17-24-9-5-4-8-15(34-27-16(8)23)12(9)18(30)26-17/h1-5,13-14,20,29H,6-7H2,(H2,23,27)(H,24,26,30)/t13-,14-/m1/s1. The summed E-state index contributed by atoms with van der Waals surface area (Å²) in [7, 11) is 0. The molecule has 1 fully saturated rings. The molecule has 3 aromatic heterocycles. The molecule has 4 aromatic rings. The quantitative estimate of drug-likeness (QED) is 0.378. The zero-order valence-corrected chi connectivity index (χ0v) is 18.0. The molecule has 1 aliphatic heterocycles. The molecule has 11 nitrogen and oxygen atoms in total. The van der Waals surface area contributed by atoms with Gasteiger partial charge in [-0.05, 0) is 29.7 Å². The Balaban J connectivity index is 1.46. The largest absolute Gasteiger partial charge is 0.417 e. The Labute approximate surface area is 192 Å². The number of aliphatic hydroxyl groups is 1. The summed E-state index contributed by atoms with van der Waals surface area (Å²) < 4.78 is 39.4. The van der Waals surface area contributed by atoms with Crippen LogP contribution < -0.4 is 20.9 Å². The number of nitrogens with two attached hydrogens (primary N) is 1. The Hall–Kier alpha value is -3.75. The zero-order chi connectivity index (χ0) is 24.0. The third-order valence-corrected chi connectivity index (χ3v) is 6.13. The number of benzene rings is 1. The lowest BCUT2D eigenvalue weighted by atomic mass is 10.1. The number of anilines is 2. The molecule has 0 unspecified atom stereocenters. The van der Waals surface area contributed by atoms with Crippen molar-refractivity contribution in [2.24, 2.45) is 0 Å². The number of amides is 1. The summed E-state index contributed by atoms with van der Waals surface area (Å²) in [6, 6.07) is 7.31. The summed E-state index contributed by atoms with van der Waals surface area (Å²) in [5.74, 6) is -0.872. The minimum absolute atomic E-state index is 0.0215. The van der Waals surface area contributed by atoms with Crippen LogP contribution in [0.3, 0.4) is 0 Å². The number of aromatic nitrogens is 4. The minimum Gasteiger partial charge on any atom is -0.417 e. The normalized spacial score (nSPS) is 17.6. The summed E-state index contributed by atoms with van der Waals surface area (Å²) in [6.45, 7) is -2.98. The summed E-state index contributed by atoms with van der Waals surface area (Å²) >= 11 is 1.06. The van der Waals surface area contributed by atoms with Gasteiger partial charge in [-0.1, -0.05) is 6.07 Å². The van der Waals surface area contributed by atoms with Crippen molar-refractivity contribution < 1.29 is 28.2 Å². The predicted molar refractivity (Wildman–Crippen MR) is 118 cm³/mol. The topological polar surface area (TPSA) is 157 Å². The first-order valence-electron chi connectivity index (χ1n) is 9.94. The van der Waals surface area contributed by atoms with E-state index in [0.717, 1.165) is 11.5 Å². The number of H-pyrrole nitrogens is 1. The highest BCUT2D eigenvalue weighted by Gasteiger charge is 2.38. The van der Waals surface area contributed by atoms with Gasteiger partial charge in [0, 0.05) is 11.5 Å². The summed E-state index contributed by atoms with van der Waals surface area (Å²) in [5.41, 5.74) is 5.57. The third-order valence-electron chi connectivity index (χ3n) is 5.24. The highest BCUT2D eigenvalue weighted by molar-refractivity contribution is 7.14. The molecule has 2 atom stereocenters. The SMILES string of the molecule is Nc1nsc2c1ccc1nc([C@H](O)[C@H]3OCCN(c4cccc(OC(F)F)n4)C3=O)[nH]c(=O)c12. The van der Waals surface area contributed by atoms with Crippen LogP contribution in [0.2, 0.25) is 0 Å². The fourth-order valence-electron chi connectivity index (χ4n) is 3.72. The lowest BCUT2D eigenvalue weighted by Crippen LogP contribution is -2.51. The Bertz CT molecular complexity index is 1460. The first-order valence-corrected chi connectivity index (χ1v) is 10.7. The van der Waals surface area contributed by atoms with Gasteiger partial charge in [-0.25, -0.2) is 4.98 Å². The molecule has 4 heterocycles. The van der Waals surface area contributed by atoms with E-state index in [9.17, 15) is 23.5 Å². The number of morpholine rings is 1. The van der Waals surface area contributed by atoms with Crippen LogP contribution >= 0.6 is 11.5 Å². The minimum atomic E-state index is -3.07. The first-order chi connectivity index (χ1) is 16.3. The van der Waals surface area contributed by atoms with E-state index >= 15 is 0 Å². The average molecular weight is 490 g/mol. The number of rotatable bonds is 5. The summed E-state index contributed by atoms with van der Waals surface area (Å²) in [6.07, 6.45) is -3.03. The molecule has 0 aliphatic carbocycles. The molecular weight excluding hydrogens is 474 g/mol. The second-order valence-corrected chi connectivity index (χ2v) is 8.07. The highest BCUT2D eigenvalue weighted by atomic mass is 32.1. The Kier molecular flexibility index (Phi) is 5.55. The van der Waals surface area contributed by atoms with Crippen LogP contribution in [-0.2, 0) is 9.53 Å². The number of fused-ring (bicyclic) bond motifs is 3. The molecule has 0 saturated carbocycles. The predicted octanol–water partition coefficient (Wildman–Crippen LogP) is 1.58. The number of aromatic amines is 1. The molecule has 1 aliphatic rings. The number of hydrogen-bond acceptors (Lipinski definition) is 10. The van der Waals surface area contributed by atoms with Gasteiger partial charge in [0.1, 0.15) is 23.6 Å². The van der Waals surface area contributed by atoms with Crippen LogP contribution in [0.15, 0.2) is 35.1 Å². The second-order valence-electron chi connectivity index (χ2n) is 7.29. The molecule has 0 radical (unpaired) electrons. The van der Waals surface area contributed by atoms with Gasteiger partial charge in [0.05, 0.1) is 28.8 Å². The number of nitrogens with zero attached hydrogens (tertiary/aromatic N) is 4. The number of ether oxygens (including phenoxy) is 2. The molecule has 5 rings (SSSR count). The molecule has 14 heteroatoms. The number of halogens is 2. The van der Waals surface area contributed by atoms with Gasteiger partial charge in [0.2, 0.25) is 5.88 Å². The summed E-state index contributed by atoms with van der Waals surface area (Å²) in [5, 5.41) is 11.8. The molecule has 0 spiro atoms. The number of carbonyl (C=O) groups is 1. The molecular formula is C20H16F2N6O5S. The average Bonchev–Trinajstić information content (AvgIpc) is 3.19. The van der Waals surface area contributed by atoms with Gasteiger partial charge in [-0.3, -0.25) is 14.5 Å². The molecule has 1 amide bonds. The lowest BCUT2D eigenvalue weighted by Gasteiger charge is -2.33. The van der Waals surface area contributed by atoms with Gasteiger partial charge >= 0.3 is 6.61 Å². The van der Waals surface area contributed by atoms with Gasteiger partial charge in [0.15, 0.2) is 6.10 Å². The Morgan fingerprint density at radius 1 is 1.26 bits per heavy atom. The van der Waals surface area contributed by atoms with Crippen LogP contribution in [0.4, 0.5) is 20.4 Å². The van der Waals surface area contributed by atoms with Gasteiger partial charge in [-0.2, -0.15) is 18.1 Å². The van der Waals surface area contributed by atoms with Crippen LogP contribution in [-0.4, -0.2) is 56.2 Å². The van der Waals surface area contributed by atoms with Crippen molar-refractivity contribution in [2.45, 2.75) is 18.8 Å². The number of alkyl halides is 2. The third kappa shape index (κ3) is 3.81. The monoisotopic (exact) mass is 490 g/mol. The Morgan fingerprint density at radius 3 is 2.88 bits per heavy atom. The number of aliphatic hydroxyl groups excluding tert-OH is 1. The van der Waals surface area contributed by atoms with Crippen LogP contribution in [0.25, 0.3) is 21.0 Å². The second kappa shape index (κ2) is 8.55. The smallest absolute Gasteiger partial charge is 0.388 e. The number of nitrogens with one attached hydrogen (secondary N) is 1. The maximum absolute atomic E-state index is 13.1. The molecule has 1 aromatic carbocycles. The maximum Gasteiger partial charge on any atom is 0.388 e. The molecule has 0 bridgehead atoms. The van der Waals surface area contributed by atoms with Crippen LogP contribution in [0, 0.1) is 0 Å². The van der Waals surface area contributed by atoms with E-state index < -0.39 is 30.3 Å². The number of nitrogen functional groups attached to an aromatic ring is 1. The van der Waals surface area contributed by atoms with Crippen molar-refractivity contribution in [3.63, 3.8) is 0 Å². The van der Waals surface area contributed by atoms with E-state index in [0.29, 0.717) is 15.9 Å².